The van der Waals surface area contributed by atoms with Gasteiger partial charge in [-0.3, -0.25) is 4.72 Å². The molecule has 1 aliphatic heterocycles. The number of anilines is 2. The minimum absolute atomic E-state index is 0.0721. The molecule has 1 fully saturated rings. The number of ether oxygens (including phenoxy) is 2. The number of sulfonamides is 1. The molecule has 0 aliphatic carbocycles. The largest absolute Gasteiger partial charge is 0.444 e. The Balaban J connectivity index is 1.22. The number of aromatic nitrogens is 3. The van der Waals surface area contributed by atoms with Crippen LogP contribution in [-0.2, 0) is 20.5 Å². The van der Waals surface area contributed by atoms with Crippen LogP contribution in [0.5, 0.6) is 11.6 Å². The molecule has 0 bridgehead atoms. The van der Waals surface area contributed by atoms with Crippen LogP contribution in [0.15, 0.2) is 85.2 Å². The fraction of sp³-hybridized carbons (Fsp3) is 0.316. The highest BCUT2D eigenvalue weighted by Gasteiger charge is 2.28. The summed E-state index contributed by atoms with van der Waals surface area (Å²) in [6, 6.07) is 19.4. The van der Waals surface area contributed by atoms with Crippen LogP contribution in [0.25, 0.3) is 22.0 Å². The molecule has 5 aromatic rings. The van der Waals surface area contributed by atoms with Crippen molar-refractivity contribution in [1.29, 1.82) is 0 Å². The van der Waals surface area contributed by atoms with E-state index in [2.05, 4.69) is 20.0 Å². The number of aryl methyl sites for hydroxylation is 1. The fourth-order valence-corrected chi connectivity index (χ4v) is 7.17. The summed E-state index contributed by atoms with van der Waals surface area (Å²) in [5.41, 5.74) is 1.93. The quantitative estimate of drug-likeness (QED) is 0.145. The number of hydrogen-bond acceptors (Lipinski definition) is 9. The number of alkyl halides is 2. The second-order valence-electron chi connectivity index (χ2n) is 13.6. The van der Waals surface area contributed by atoms with Crippen LogP contribution in [0.4, 0.5) is 25.2 Å². The van der Waals surface area contributed by atoms with Gasteiger partial charge in [0.25, 0.3) is 6.43 Å². The van der Waals surface area contributed by atoms with E-state index in [4.69, 9.17) is 14.5 Å². The molecule has 1 atom stereocenters. The summed E-state index contributed by atoms with van der Waals surface area (Å²) in [4.78, 5) is 28.1. The van der Waals surface area contributed by atoms with E-state index in [1.807, 2.05) is 52.0 Å². The fourth-order valence-electron chi connectivity index (χ4n) is 5.96. The molecule has 3 heterocycles. The van der Waals surface area contributed by atoms with Gasteiger partial charge in [-0.15, -0.1) is 0 Å². The van der Waals surface area contributed by atoms with Gasteiger partial charge < -0.3 is 19.7 Å². The van der Waals surface area contributed by atoms with Crippen LogP contribution in [0.2, 0.25) is 0 Å². The first-order chi connectivity index (χ1) is 24.7. The molecule has 1 unspecified atom stereocenters. The number of carbonyl (C=O) groups excluding carboxylic acids is 1. The molecule has 272 valence electrons. The summed E-state index contributed by atoms with van der Waals surface area (Å²) in [6.45, 7) is 8.49. The third-order valence-corrected chi connectivity index (χ3v) is 9.61. The zero-order valence-corrected chi connectivity index (χ0v) is 30.1. The van der Waals surface area contributed by atoms with E-state index in [1.165, 1.54) is 24.3 Å². The molecule has 1 amide bonds. The van der Waals surface area contributed by atoms with Crippen molar-refractivity contribution in [2.75, 3.05) is 23.1 Å². The Morgan fingerprint density at radius 1 is 0.981 bits per heavy atom. The SMILES string of the molecule is Cc1ccc2c(NS(=O)(=O)Cc3ccc(C(F)F)cc3)cccc2c1Oc1ncccc1-c1ccnc(NC2CCCN(C(=O)OC(C)(C)C)C2)n1. The third-order valence-electron chi connectivity index (χ3n) is 8.37. The Bertz CT molecular complexity index is 2180. The zero-order chi connectivity index (χ0) is 37.0. The van der Waals surface area contributed by atoms with Gasteiger partial charge in [-0.05, 0) is 75.9 Å². The van der Waals surface area contributed by atoms with E-state index in [0.29, 0.717) is 58.1 Å². The van der Waals surface area contributed by atoms with Crippen LogP contribution in [0.1, 0.15) is 56.7 Å². The summed E-state index contributed by atoms with van der Waals surface area (Å²) in [5, 5.41) is 4.61. The lowest BCUT2D eigenvalue weighted by Crippen LogP contribution is -2.47. The topological polar surface area (TPSA) is 136 Å². The number of rotatable bonds is 10. The molecule has 1 saturated heterocycles. The molecule has 52 heavy (non-hydrogen) atoms. The van der Waals surface area contributed by atoms with E-state index in [-0.39, 0.29) is 23.6 Å². The smallest absolute Gasteiger partial charge is 0.410 e. The maximum absolute atomic E-state index is 13.2. The van der Waals surface area contributed by atoms with Gasteiger partial charge in [-0.25, -0.2) is 36.9 Å². The molecule has 2 N–H and O–H groups in total. The maximum Gasteiger partial charge on any atom is 0.410 e. The number of piperidine rings is 1. The van der Waals surface area contributed by atoms with Gasteiger partial charge >= 0.3 is 6.09 Å². The normalized spacial score (nSPS) is 15.1. The van der Waals surface area contributed by atoms with Crippen molar-refractivity contribution in [1.82, 2.24) is 19.9 Å². The lowest BCUT2D eigenvalue weighted by atomic mass is 10.0. The van der Waals surface area contributed by atoms with Gasteiger partial charge in [-0.2, -0.15) is 0 Å². The summed E-state index contributed by atoms with van der Waals surface area (Å²) < 4.78 is 67.0. The van der Waals surface area contributed by atoms with Gasteiger partial charge in [0, 0.05) is 47.9 Å². The van der Waals surface area contributed by atoms with E-state index in [0.717, 1.165) is 18.4 Å². The standard InChI is InChI=1S/C38H40F2N6O5S/c1-24-12-17-28-29(9-5-11-32(28)45-52(48,49)23-25-13-15-26(16-14-25)34(39)40)33(24)50-35-30(10-6-19-41-35)31-18-20-42-36(44-31)43-27-8-7-21-46(22-27)37(47)51-38(2,3)4/h5-6,9-20,27,34,45H,7-8,21-23H2,1-4H3,(H,42,43,44). The lowest BCUT2D eigenvalue weighted by molar-refractivity contribution is 0.0206. The highest BCUT2D eigenvalue weighted by molar-refractivity contribution is 7.91. The second-order valence-corrected chi connectivity index (χ2v) is 15.4. The van der Waals surface area contributed by atoms with Gasteiger partial charge in [0.15, 0.2) is 0 Å². The van der Waals surface area contributed by atoms with Gasteiger partial charge in [0.05, 0.1) is 22.7 Å². The average Bonchev–Trinajstić information content (AvgIpc) is 3.09. The Hall–Kier alpha value is -5.37. The van der Waals surface area contributed by atoms with Crippen molar-refractivity contribution in [3.63, 3.8) is 0 Å². The molecule has 0 radical (unpaired) electrons. The van der Waals surface area contributed by atoms with E-state index in [9.17, 15) is 22.0 Å². The van der Waals surface area contributed by atoms with Gasteiger partial charge in [0.2, 0.25) is 21.9 Å². The molecular formula is C38H40F2N6O5S. The van der Waals surface area contributed by atoms with Crippen LogP contribution in [0, 0.1) is 6.92 Å². The van der Waals surface area contributed by atoms with Crippen molar-refractivity contribution in [3.05, 3.63) is 102 Å². The number of benzene rings is 3. The highest BCUT2D eigenvalue weighted by atomic mass is 32.2. The Kier molecular flexibility index (Phi) is 10.6. The lowest BCUT2D eigenvalue weighted by Gasteiger charge is -2.34. The summed E-state index contributed by atoms with van der Waals surface area (Å²) in [5.74, 6) is 0.775. The van der Waals surface area contributed by atoms with Crippen molar-refractivity contribution < 1.29 is 31.5 Å². The number of likely N-dealkylation sites (tertiary alicyclic amines) is 1. The second kappa shape index (κ2) is 15.1. The first-order valence-corrected chi connectivity index (χ1v) is 18.5. The average molecular weight is 731 g/mol. The summed E-state index contributed by atoms with van der Waals surface area (Å²) in [7, 11) is -3.90. The van der Waals surface area contributed by atoms with E-state index >= 15 is 0 Å². The number of pyridine rings is 1. The number of amides is 1. The number of nitrogens with zero attached hydrogens (tertiary/aromatic N) is 4. The van der Waals surface area contributed by atoms with Crippen LogP contribution in [-0.4, -0.2) is 59.1 Å². The van der Waals surface area contributed by atoms with Crippen molar-refractivity contribution in [2.45, 2.75) is 64.4 Å². The zero-order valence-electron chi connectivity index (χ0n) is 29.3. The number of carbonyl (C=O) groups is 1. The molecule has 2 aromatic heterocycles. The predicted molar refractivity (Wildman–Crippen MR) is 196 cm³/mol. The third kappa shape index (κ3) is 8.91. The predicted octanol–water partition coefficient (Wildman–Crippen LogP) is 8.48. The molecule has 0 spiro atoms. The molecule has 6 rings (SSSR count). The molecule has 3 aromatic carbocycles. The number of hydrogen-bond donors (Lipinski definition) is 2. The van der Waals surface area contributed by atoms with Gasteiger partial charge in [0.1, 0.15) is 11.4 Å². The van der Waals surface area contributed by atoms with Crippen LogP contribution < -0.4 is 14.8 Å². The van der Waals surface area contributed by atoms with Crippen LogP contribution in [0.3, 0.4) is 0 Å². The van der Waals surface area contributed by atoms with E-state index < -0.39 is 27.8 Å². The Morgan fingerprint density at radius 3 is 2.52 bits per heavy atom. The van der Waals surface area contributed by atoms with Crippen molar-refractivity contribution >= 4 is 38.5 Å². The number of halogens is 2. The summed E-state index contributed by atoms with van der Waals surface area (Å²) >= 11 is 0. The monoisotopic (exact) mass is 730 g/mol. The molecule has 14 heteroatoms. The number of fused-ring (bicyclic) bond motifs is 1. The minimum atomic E-state index is -3.90. The Morgan fingerprint density at radius 2 is 1.77 bits per heavy atom. The maximum atomic E-state index is 13.2. The van der Waals surface area contributed by atoms with Crippen LogP contribution >= 0.6 is 0 Å². The highest BCUT2D eigenvalue weighted by Crippen LogP contribution is 2.39. The van der Waals surface area contributed by atoms with Crippen molar-refractivity contribution in [2.24, 2.45) is 0 Å². The molecular weight excluding hydrogens is 691 g/mol. The first kappa shape index (κ1) is 36.4. The minimum Gasteiger partial charge on any atom is -0.444 e. The van der Waals surface area contributed by atoms with Crippen molar-refractivity contribution in [3.8, 4) is 22.9 Å². The number of nitrogens with one attached hydrogen (secondary N) is 2. The molecule has 11 nitrogen and oxygen atoms in total. The Labute approximate surface area is 301 Å². The van der Waals surface area contributed by atoms with Gasteiger partial charge in [-0.1, -0.05) is 48.5 Å². The van der Waals surface area contributed by atoms with E-state index in [1.54, 1.807) is 41.6 Å². The molecule has 0 saturated carbocycles. The molecule has 1 aliphatic rings. The summed E-state index contributed by atoms with van der Waals surface area (Å²) in [6.07, 6.45) is 1.91. The first-order valence-electron chi connectivity index (χ1n) is 16.9.